The van der Waals surface area contributed by atoms with E-state index in [0.29, 0.717) is 19.1 Å². The highest BCUT2D eigenvalue weighted by atomic mass is 35.5. The Morgan fingerprint density at radius 1 is 0.950 bits per heavy atom. The molecule has 0 aliphatic carbocycles. The Morgan fingerprint density at radius 3 is 2.45 bits per heavy atom. The van der Waals surface area contributed by atoms with Crippen LogP contribution in [0.4, 0.5) is 0 Å². The van der Waals surface area contributed by atoms with Crippen LogP contribution in [0.5, 0.6) is 11.5 Å². The van der Waals surface area contributed by atoms with E-state index in [1.165, 1.54) is 5.56 Å². The second-order valence-electron chi connectivity index (χ2n) is 4.40. The molecule has 0 radical (unpaired) electrons. The van der Waals surface area contributed by atoms with Crippen LogP contribution in [0.2, 0.25) is 0 Å². The average Bonchev–Trinajstić information content (AvgIpc) is 2.50. The number of halogens is 1. The monoisotopic (exact) mass is 290 g/mol. The van der Waals surface area contributed by atoms with E-state index in [1.54, 1.807) is 0 Å². The van der Waals surface area contributed by atoms with E-state index < -0.39 is 0 Å². The Labute approximate surface area is 125 Å². The molecule has 0 heterocycles. The Kier molecular flexibility index (Phi) is 5.75. The van der Waals surface area contributed by atoms with Crippen LogP contribution >= 0.6 is 11.6 Å². The molecule has 2 aromatic rings. The summed E-state index contributed by atoms with van der Waals surface area (Å²) in [6.45, 7) is 3.18. The lowest BCUT2D eigenvalue weighted by molar-refractivity contribution is 0.277. The highest BCUT2D eigenvalue weighted by Crippen LogP contribution is 2.32. The molecule has 0 N–H and O–H groups in total. The molecule has 0 aliphatic heterocycles. The standard InChI is InChI=1S/C17H19ClO2/c1-2-19-16-10-6-9-15(13-18)17(16)20-12-11-14-7-4-3-5-8-14/h3-10H,2,11-13H2,1H3. The van der Waals surface area contributed by atoms with E-state index >= 15 is 0 Å². The number of hydrogen-bond acceptors (Lipinski definition) is 2. The molecule has 106 valence electrons. The van der Waals surface area contributed by atoms with Crippen LogP contribution in [0.3, 0.4) is 0 Å². The van der Waals surface area contributed by atoms with E-state index in [0.717, 1.165) is 23.5 Å². The fraction of sp³-hybridized carbons (Fsp3) is 0.294. The quantitative estimate of drug-likeness (QED) is 0.702. The first kappa shape index (κ1) is 14.7. The van der Waals surface area contributed by atoms with Gasteiger partial charge in [0, 0.05) is 12.0 Å². The summed E-state index contributed by atoms with van der Waals surface area (Å²) in [7, 11) is 0. The number of hydrogen-bond donors (Lipinski definition) is 0. The van der Waals surface area contributed by atoms with Crippen LogP contribution < -0.4 is 9.47 Å². The Morgan fingerprint density at radius 2 is 1.75 bits per heavy atom. The van der Waals surface area contributed by atoms with Crippen molar-refractivity contribution in [2.75, 3.05) is 13.2 Å². The van der Waals surface area contributed by atoms with E-state index in [4.69, 9.17) is 21.1 Å². The molecule has 2 aromatic carbocycles. The van der Waals surface area contributed by atoms with Crippen molar-refractivity contribution >= 4 is 11.6 Å². The first-order chi connectivity index (χ1) is 9.85. The molecule has 0 fully saturated rings. The van der Waals surface area contributed by atoms with Crippen LogP contribution in [0, 0.1) is 0 Å². The predicted octanol–water partition coefficient (Wildman–Crippen LogP) is 4.45. The van der Waals surface area contributed by atoms with Crippen LogP contribution in [-0.4, -0.2) is 13.2 Å². The minimum absolute atomic E-state index is 0.418. The van der Waals surface area contributed by atoms with Gasteiger partial charge in [-0.1, -0.05) is 42.5 Å². The second kappa shape index (κ2) is 7.81. The summed E-state index contributed by atoms with van der Waals surface area (Å²) in [6, 6.07) is 16.1. The van der Waals surface area contributed by atoms with Gasteiger partial charge in [0.15, 0.2) is 11.5 Å². The van der Waals surface area contributed by atoms with Gasteiger partial charge in [0.1, 0.15) is 0 Å². The maximum atomic E-state index is 5.96. The van der Waals surface area contributed by atoms with Gasteiger partial charge in [-0.15, -0.1) is 11.6 Å². The van der Waals surface area contributed by atoms with Crippen molar-refractivity contribution in [3.05, 3.63) is 59.7 Å². The summed E-state index contributed by atoms with van der Waals surface area (Å²) in [4.78, 5) is 0. The van der Waals surface area contributed by atoms with Crippen molar-refractivity contribution in [3.63, 3.8) is 0 Å². The molecule has 0 aromatic heterocycles. The number of benzene rings is 2. The van der Waals surface area contributed by atoms with Gasteiger partial charge in [0.05, 0.1) is 19.1 Å². The van der Waals surface area contributed by atoms with Gasteiger partial charge < -0.3 is 9.47 Å². The summed E-state index contributed by atoms with van der Waals surface area (Å²) in [5.41, 5.74) is 2.22. The van der Waals surface area contributed by atoms with Crippen LogP contribution in [0.25, 0.3) is 0 Å². The molecule has 2 rings (SSSR count). The first-order valence-corrected chi connectivity index (χ1v) is 7.36. The third kappa shape index (κ3) is 3.91. The summed E-state index contributed by atoms with van der Waals surface area (Å²) in [6.07, 6.45) is 0.864. The van der Waals surface area contributed by atoms with Gasteiger partial charge in [-0.3, -0.25) is 0 Å². The highest BCUT2D eigenvalue weighted by Gasteiger charge is 2.10. The molecule has 0 saturated heterocycles. The molecule has 0 unspecified atom stereocenters. The van der Waals surface area contributed by atoms with Crippen LogP contribution in [0.1, 0.15) is 18.1 Å². The van der Waals surface area contributed by atoms with Crippen LogP contribution in [0.15, 0.2) is 48.5 Å². The minimum Gasteiger partial charge on any atom is -0.490 e. The molecule has 3 heteroatoms. The molecule has 0 saturated carbocycles. The van der Waals surface area contributed by atoms with Gasteiger partial charge in [-0.05, 0) is 18.6 Å². The van der Waals surface area contributed by atoms with Crippen molar-refractivity contribution in [2.24, 2.45) is 0 Å². The molecule has 20 heavy (non-hydrogen) atoms. The Balaban J connectivity index is 2.04. The summed E-state index contributed by atoms with van der Waals surface area (Å²) < 4.78 is 11.5. The van der Waals surface area contributed by atoms with Crippen molar-refractivity contribution in [1.82, 2.24) is 0 Å². The fourth-order valence-electron chi connectivity index (χ4n) is 2.02. The Hall–Kier alpha value is -1.67. The second-order valence-corrected chi connectivity index (χ2v) is 4.66. The van der Waals surface area contributed by atoms with Crippen molar-refractivity contribution < 1.29 is 9.47 Å². The topological polar surface area (TPSA) is 18.5 Å². The van der Waals surface area contributed by atoms with Gasteiger partial charge in [0.25, 0.3) is 0 Å². The maximum absolute atomic E-state index is 5.96. The lowest BCUT2D eigenvalue weighted by Gasteiger charge is -2.15. The normalized spacial score (nSPS) is 10.3. The van der Waals surface area contributed by atoms with E-state index in [2.05, 4.69) is 12.1 Å². The van der Waals surface area contributed by atoms with Crippen LogP contribution in [-0.2, 0) is 12.3 Å². The molecule has 0 spiro atoms. The number of ether oxygens (including phenoxy) is 2. The van der Waals surface area contributed by atoms with Crippen molar-refractivity contribution in [3.8, 4) is 11.5 Å². The smallest absolute Gasteiger partial charge is 0.165 e. The lowest BCUT2D eigenvalue weighted by Crippen LogP contribution is -2.05. The van der Waals surface area contributed by atoms with Crippen molar-refractivity contribution in [1.29, 1.82) is 0 Å². The maximum Gasteiger partial charge on any atom is 0.165 e. The summed E-state index contributed by atoms with van der Waals surface area (Å²) >= 11 is 5.96. The zero-order chi connectivity index (χ0) is 14.2. The molecule has 0 aliphatic rings. The predicted molar refractivity (Wildman–Crippen MR) is 82.8 cm³/mol. The molecule has 0 bridgehead atoms. The largest absolute Gasteiger partial charge is 0.490 e. The zero-order valence-corrected chi connectivity index (χ0v) is 12.4. The Bertz CT molecular complexity index is 526. The lowest BCUT2D eigenvalue weighted by atomic mass is 10.1. The fourth-order valence-corrected chi connectivity index (χ4v) is 2.23. The molecule has 2 nitrogen and oxygen atoms in total. The van der Waals surface area contributed by atoms with E-state index in [1.807, 2.05) is 43.3 Å². The van der Waals surface area contributed by atoms with Crippen molar-refractivity contribution in [2.45, 2.75) is 19.2 Å². The molecule has 0 amide bonds. The highest BCUT2D eigenvalue weighted by molar-refractivity contribution is 6.17. The average molecular weight is 291 g/mol. The van der Waals surface area contributed by atoms with Gasteiger partial charge in [-0.2, -0.15) is 0 Å². The van der Waals surface area contributed by atoms with E-state index in [-0.39, 0.29) is 0 Å². The number of para-hydroxylation sites is 1. The zero-order valence-electron chi connectivity index (χ0n) is 11.6. The minimum atomic E-state index is 0.418. The SMILES string of the molecule is CCOc1cccc(CCl)c1OCCc1ccccc1. The molecular weight excluding hydrogens is 272 g/mol. The molecular formula is C17H19ClO2. The summed E-state index contributed by atoms with van der Waals surface area (Å²) in [5.74, 6) is 1.95. The summed E-state index contributed by atoms with van der Waals surface area (Å²) in [5, 5.41) is 0. The number of rotatable bonds is 7. The van der Waals surface area contributed by atoms with E-state index in [9.17, 15) is 0 Å². The van der Waals surface area contributed by atoms with Gasteiger partial charge in [-0.25, -0.2) is 0 Å². The van der Waals surface area contributed by atoms with Gasteiger partial charge in [0.2, 0.25) is 0 Å². The third-order valence-electron chi connectivity index (χ3n) is 2.98. The molecule has 0 atom stereocenters. The third-order valence-corrected chi connectivity index (χ3v) is 3.27. The van der Waals surface area contributed by atoms with Gasteiger partial charge >= 0.3 is 0 Å². The first-order valence-electron chi connectivity index (χ1n) is 6.82. The number of alkyl halides is 1.